The first-order valence-electron chi connectivity index (χ1n) is 9.23. The molecular formula is C19H25N3O8S. The molecular weight excluding hydrogens is 430 g/mol. The largest absolute Gasteiger partial charge is 0.497 e. The lowest BCUT2D eigenvalue weighted by Crippen LogP contribution is -2.63. The van der Waals surface area contributed by atoms with Gasteiger partial charge in [0.25, 0.3) is 0 Å². The summed E-state index contributed by atoms with van der Waals surface area (Å²) in [7, 11) is 1.51. The number of aliphatic hydroxyl groups excluding tert-OH is 3. The molecule has 0 aromatic heterocycles. The Hall–Kier alpha value is -2.93. The Morgan fingerprint density at radius 2 is 2.00 bits per heavy atom. The van der Waals surface area contributed by atoms with Crippen molar-refractivity contribution in [1.29, 1.82) is 0 Å². The molecule has 1 heterocycles. The van der Waals surface area contributed by atoms with Crippen LogP contribution in [0.1, 0.15) is 6.92 Å². The van der Waals surface area contributed by atoms with Crippen LogP contribution in [0.2, 0.25) is 0 Å². The molecule has 170 valence electrons. The minimum absolute atomic E-state index is 0.0902. The first kappa shape index (κ1) is 24.3. The third kappa shape index (κ3) is 6.52. The average Bonchev–Trinajstić information content (AvgIpc) is 2.73. The van der Waals surface area contributed by atoms with Crippen molar-refractivity contribution in [1.82, 2.24) is 10.6 Å². The van der Waals surface area contributed by atoms with Crippen molar-refractivity contribution in [3.8, 4) is 5.75 Å². The van der Waals surface area contributed by atoms with E-state index in [1.165, 1.54) is 20.1 Å². The Bertz CT molecular complexity index is 849. The first-order valence-corrected chi connectivity index (χ1v) is 9.64. The van der Waals surface area contributed by atoms with Gasteiger partial charge in [-0.3, -0.25) is 4.79 Å². The van der Waals surface area contributed by atoms with Crippen LogP contribution in [0.15, 0.2) is 36.1 Å². The Kier molecular flexibility index (Phi) is 8.56. The van der Waals surface area contributed by atoms with Crippen molar-refractivity contribution in [2.45, 2.75) is 37.3 Å². The summed E-state index contributed by atoms with van der Waals surface area (Å²) in [4.78, 5) is 23.3. The number of benzene rings is 1. The van der Waals surface area contributed by atoms with Gasteiger partial charge in [-0.15, -0.1) is 0 Å². The molecule has 1 aliphatic rings. The highest BCUT2D eigenvalue weighted by Crippen LogP contribution is 2.23. The van der Waals surface area contributed by atoms with Crippen LogP contribution in [0.3, 0.4) is 0 Å². The second-order valence-electron chi connectivity index (χ2n) is 6.74. The van der Waals surface area contributed by atoms with E-state index >= 15 is 0 Å². The van der Waals surface area contributed by atoms with Crippen LogP contribution >= 0.6 is 12.2 Å². The number of aliphatic carboxylic acids is 1. The van der Waals surface area contributed by atoms with E-state index in [2.05, 4.69) is 16.0 Å². The summed E-state index contributed by atoms with van der Waals surface area (Å²) in [5, 5.41) is 47.2. The lowest BCUT2D eigenvalue weighted by molar-refractivity contribution is -0.146. The van der Waals surface area contributed by atoms with Crippen LogP contribution in [0.5, 0.6) is 5.75 Å². The Balaban J connectivity index is 2.30. The topological polar surface area (TPSA) is 170 Å². The van der Waals surface area contributed by atoms with Gasteiger partial charge in [0.05, 0.1) is 25.8 Å². The van der Waals surface area contributed by atoms with E-state index < -0.39 is 54.6 Å². The zero-order valence-corrected chi connectivity index (χ0v) is 17.6. The van der Waals surface area contributed by atoms with Crippen molar-refractivity contribution in [2.24, 2.45) is 0 Å². The molecule has 2 rings (SSSR count). The molecule has 0 radical (unpaired) electrons. The number of nitrogens with one attached hydrogen (secondary N) is 3. The maximum atomic E-state index is 11.7. The minimum atomic E-state index is -1.70. The van der Waals surface area contributed by atoms with E-state index in [9.17, 15) is 24.9 Å². The number of carboxylic acids is 1. The SMILES string of the molecule is COc1cccc(NC(=S)N[C@H]2C=C(C(=O)O)O[C@@H]([C@H](O)[C@H](O)CO)[C@@H]2NC(C)=O)c1. The maximum absolute atomic E-state index is 11.7. The molecule has 1 aromatic rings. The number of carboxylic acid groups (broad SMARTS) is 1. The quantitative estimate of drug-likeness (QED) is 0.238. The molecule has 0 unspecified atom stereocenters. The van der Waals surface area contributed by atoms with Gasteiger partial charge in [0.1, 0.15) is 24.1 Å². The third-order valence-electron chi connectivity index (χ3n) is 4.46. The van der Waals surface area contributed by atoms with Crippen molar-refractivity contribution < 1.29 is 39.5 Å². The van der Waals surface area contributed by atoms with Gasteiger partial charge in [0.2, 0.25) is 11.7 Å². The van der Waals surface area contributed by atoms with Crippen LogP contribution in [0, 0.1) is 0 Å². The van der Waals surface area contributed by atoms with Gasteiger partial charge in [-0.05, 0) is 30.4 Å². The van der Waals surface area contributed by atoms with Gasteiger partial charge in [-0.2, -0.15) is 0 Å². The molecule has 1 aliphatic heterocycles. The fourth-order valence-electron chi connectivity index (χ4n) is 3.02. The molecule has 1 aromatic carbocycles. The Morgan fingerprint density at radius 3 is 2.58 bits per heavy atom. The van der Waals surface area contributed by atoms with Crippen LogP contribution in [-0.2, 0) is 14.3 Å². The standard InChI is InChI=1S/C19H25N3O8S/c1-9(24)20-15-12(22-19(31)21-10-4-3-5-11(6-10)29-2)7-14(18(27)28)30-17(15)16(26)13(25)8-23/h3-7,12-13,15-17,23,25-26H,8H2,1-2H3,(H,20,24)(H,27,28)(H2,21,22,31)/t12-,13+,15+,16+,17+/m0/s1. The van der Waals surface area contributed by atoms with Crippen molar-refractivity contribution >= 4 is 34.9 Å². The van der Waals surface area contributed by atoms with Crippen molar-refractivity contribution in [2.75, 3.05) is 19.0 Å². The summed E-state index contributed by atoms with van der Waals surface area (Å²) in [6, 6.07) is 4.94. The second-order valence-corrected chi connectivity index (χ2v) is 7.15. The smallest absolute Gasteiger partial charge is 0.370 e. The van der Waals surface area contributed by atoms with Crippen LogP contribution < -0.4 is 20.7 Å². The molecule has 0 saturated heterocycles. The van der Waals surface area contributed by atoms with E-state index in [4.69, 9.17) is 26.8 Å². The highest BCUT2D eigenvalue weighted by atomic mass is 32.1. The summed E-state index contributed by atoms with van der Waals surface area (Å²) in [6.45, 7) is 0.431. The highest BCUT2D eigenvalue weighted by molar-refractivity contribution is 7.80. The van der Waals surface area contributed by atoms with Gasteiger partial charge in [0, 0.05) is 18.7 Å². The Labute approximate surface area is 183 Å². The normalized spacial score (nSPS) is 22.2. The Morgan fingerprint density at radius 1 is 1.29 bits per heavy atom. The summed E-state index contributed by atoms with van der Waals surface area (Å²) >= 11 is 5.30. The zero-order chi connectivity index (χ0) is 23.1. The lowest BCUT2D eigenvalue weighted by atomic mass is 9.92. The number of anilines is 1. The number of carbonyl (C=O) groups excluding carboxylic acids is 1. The van der Waals surface area contributed by atoms with Gasteiger partial charge < -0.3 is 45.9 Å². The van der Waals surface area contributed by atoms with E-state index in [1.807, 2.05) is 0 Å². The summed E-state index contributed by atoms with van der Waals surface area (Å²) in [5.41, 5.74) is 0.592. The summed E-state index contributed by atoms with van der Waals surface area (Å²) < 4.78 is 10.5. The van der Waals surface area contributed by atoms with Gasteiger partial charge in [0.15, 0.2) is 5.11 Å². The fraction of sp³-hybridized carbons (Fsp3) is 0.421. The molecule has 5 atom stereocenters. The summed E-state index contributed by atoms with van der Waals surface area (Å²) in [5.74, 6) is -1.84. The molecule has 0 fully saturated rings. The van der Waals surface area contributed by atoms with E-state index in [1.54, 1.807) is 24.3 Å². The summed E-state index contributed by atoms with van der Waals surface area (Å²) in [6.07, 6.45) is -3.53. The second kappa shape index (κ2) is 10.9. The average molecular weight is 455 g/mol. The number of aliphatic hydroxyl groups is 3. The van der Waals surface area contributed by atoms with Crippen LogP contribution in [0.25, 0.3) is 0 Å². The third-order valence-corrected chi connectivity index (χ3v) is 4.68. The number of ether oxygens (including phenoxy) is 2. The maximum Gasteiger partial charge on any atom is 0.370 e. The van der Waals surface area contributed by atoms with E-state index in [-0.39, 0.29) is 5.11 Å². The molecule has 0 spiro atoms. The number of hydrogen-bond donors (Lipinski definition) is 7. The van der Waals surface area contributed by atoms with E-state index in [0.29, 0.717) is 11.4 Å². The monoisotopic (exact) mass is 455 g/mol. The van der Waals surface area contributed by atoms with Crippen LogP contribution in [0.4, 0.5) is 5.69 Å². The lowest BCUT2D eigenvalue weighted by Gasteiger charge is -2.40. The fourth-order valence-corrected chi connectivity index (χ4v) is 3.27. The molecule has 0 bridgehead atoms. The predicted molar refractivity (Wildman–Crippen MR) is 113 cm³/mol. The molecule has 12 heteroatoms. The van der Waals surface area contributed by atoms with E-state index in [0.717, 1.165) is 0 Å². The molecule has 1 amide bonds. The molecule has 0 aliphatic carbocycles. The first-order chi connectivity index (χ1) is 14.7. The number of carbonyl (C=O) groups is 2. The van der Waals surface area contributed by atoms with Gasteiger partial charge >= 0.3 is 5.97 Å². The molecule has 11 nitrogen and oxygen atoms in total. The van der Waals surface area contributed by atoms with Crippen molar-refractivity contribution in [3.05, 3.63) is 36.1 Å². The highest BCUT2D eigenvalue weighted by Gasteiger charge is 2.43. The predicted octanol–water partition coefficient (Wildman–Crippen LogP) is -1.06. The number of rotatable bonds is 8. The van der Waals surface area contributed by atoms with Crippen LogP contribution in [-0.4, -0.2) is 81.5 Å². The number of methoxy groups -OCH3 is 1. The van der Waals surface area contributed by atoms with Gasteiger partial charge in [-0.1, -0.05) is 6.07 Å². The number of thiocarbonyl (C=S) groups is 1. The minimum Gasteiger partial charge on any atom is -0.497 e. The molecule has 31 heavy (non-hydrogen) atoms. The number of hydrogen-bond acceptors (Lipinski definition) is 8. The molecule has 0 saturated carbocycles. The zero-order valence-electron chi connectivity index (χ0n) is 16.8. The molecule has 7 N–H and O–H groups in total. The van der Waals surface area contributed by atoms with Gasteiger partial charge in [-0.25, -0.2) is 4.79 Å². The number of amides is 1. The van der Waals surface area contributed by atoms with Crippen molar-refractivity contribution in [3.63, 3.8) is 0 Å².